The Morgan fingerprint density at radius 2 is 1.95 bits per heavy atom. The van der Waals surface area contributed by atoms with E-state index >= 15 is 0 Å². The van der Waals surface area contributed by atoms with Gasteiger partial charge in [0.15, 0.2) is 0 Å². The first-order chi connectivity index (χ1) is 9.66. The van der Waals surface area contributed by atoms with E-state index < -0.39 is 18.1 Å². The van der Waals surface area contributed by atoms with Gasteiger partial charge in [-0.15, -0.1) is 0 Å². The van der Waals surface area contributed by atoms with Crippen LogP contribution in [0.1, 0.15) is 31.0 Å². The van der Waals surface area contributed by atoms with Gasteiger partial charge >= 0.3 is 12.1 Å². The van der Waals surface area contributed by atoms with Crippen LogP contribution >= 0.6 is 0 Å². The Bertz CT molecular complexity index is 515. The number of hydrogen-bond acceptors (Lipinski definition) is 2. The lowest BCUT2D eigenvalue weighted by Crippen LogP contribution is -2.48. The van der Waals surface area contributed by atoms with Crippen molar-refractivity contribution in [2.45, 2.75) is 44.5 Å². The first-order valence-corrected chi connectivity index (χ1v) is 6.64. The SMILES string of the molecule is CCNC(c1ccc2c(c1)CC(C)O2)C(F)(F)C(F)(F)F. The quantitative estimate of drug-likeness (QED) is 0.853. The van der Waals surface area contributed by atoms with Crippen LogP contribution in [0.4, 0.5) is 22.0 Å². The molecule has 2 unspecified atom stereocenters. The molecule has 0 fully saturated rings. The highest BCUT2D eigenvalue weighted by atomic mass is 19.4. The summed E-state index contributed by atoms with van der Waals surface area (Å²) in [5, 5.41) is 2.24. The maximum atomic E-state index is 13.7. The molecule has 0 bridgehead atoms. The van der Waals surface area contributed by atoms with E-state index in [1.807, 2.05) is 6.92 Å². The van der Waals surface area contributed by atoms with Crippen molar-refractivity contribution in [2.75, 3.05) is 6.54 Å². The molecule has 1 N–H and O–H groups in total. The van der Waals surface area contributed by atoms with E-state index in [2.05, 4.69) is 5.32 Å². The smallest absolute Gasteiger partial charge is 0.455 e. The summed E-state index contributed by atoms with van der Waals surface area (Å²) in [5.41, 5.74) is 0.566. The molecule has 21 heavy (non-hydrogen) atoms. The highest BCUT2D eigenvalue weighted by Crippen LogP contribution is 2.45. The topological polar surface area (TPSA) is 21.3 Å². The van der Waals surface area contributed by atoms with Crippen LogP contribution < -0.4 is 10.1 Å². The van der Waals surface area contributed by atoms with Crippen molar-refractivity contribution in [1.29, 1.82) is 0 Å². The summed E-state index contributed by atoms with van der Waals surface area (Å²) in [5.74, 6) is -4.31. The zero-order chi connectivity index (χ0) is 15.8. The van der Waals surface area contributed by atoms with Crippen molar-refractivity contribution in [3.8, 4) is 5.75 Å². The van der Waals surface area contributed by atoms with E-state index in [9.17, 15) is 22.0 Å². The normalized spacial score (nSPS) is 20.0. The molecule has 2 rings (SSSR count). The second kappa shape index (κ2) is 5.44. The Labute approximate surface area is 119 Å². The maximum absolute atomic E-state index is 13.7. The molecule has 7 heteroatoms. The number of nitrogens with one attached hydrogen (secondary N) is 1. The van der Waals surface area contributed by atoms with Crippen molar-refractivity contribution in [3.05, 3.63) is 29.3 Å². The number of ether oxygens (including phenoxy) is 1. The number of halogens is 5. The molecule has 0 aromatic heterocycles. The van der Waals surface area contributed by atoms with Crippen molar-refractivity contribution >= 4 is 0 Å². The summed E-state index contributed by atoms with van der Waals surface area (Å²) < 4.78 is 70.6. The van der Waals surface area contributed by atoms with Crippen LogP contribution in [0, 0.1) is 0 Å². The molecule has 0 saturated heterocycles. The zero-order valence-electron chi connectivity index (χ0n) is 11.6. The van der Waals surface area contributed by atoms with Gasteiger partial charge in [-0.05, 0) is 30.7 Å². The first-order valence-electron chi connectivity index (χ1n) is 6.64. The molecule has 0 saturated carbocycles. The highest BCUT2D eigenvalue weighted by molar-refractivity contribution is 5.42. The zero-order valence-corrected chi connectivity index (χ0v) is 11.6. The molecular formula is C14H16F5NO. The summed E-state index contributed by atoms with van der Waals surface area (Å²) in [6.07, 6.45) is -5.21. The van der Waals surface area contributed by atoms with Crippen LogP contribution in [0.2, 0.25) is 0 Å². The Kier molecular flexibility index (Phi) is 4.15. The molecule has 0 aliphatic carbocycles. The molecular weight excluding hydrogens is 293 g/mol. The van der Waals surface area contributed by atoms with Gasteiger partial charge < -0.3 is 10.1 Å². The van der Waals surface area contributed by atoms with E-state index in [-0.39, 0.29) is 18.2 Å². The first kappa shape index (κ1) is 16.0. The van der Waals surface area contributed by atoms with Gasteiger partial charge in [-0.2, -0.15) is 22.0 Å². The van der Waals surface area contributed by atoms with Gasteiger partial charge in [0.1, 0.15) is 17.9 Å². The minimum Gasteiger partial charge on any atom is -0.490 e. The number of alkyl halides is 5. The average molecular weight is 309 g/mol. The fourth-order valence-corrected chi connectivity index (χ4v) is 2.44. The molecule has 0 radical (unpaired) electrons. The summed E-state index contributed by atoms with van der Waals surface area (Å²) in [6.45, 7) is 3.30. The summed E-state index contributed by atoms with van der Waals surface area (Å²) in [7, 11) is 0. The lowest BCUT2D eigenvalue weighted by atomic mass is 9.96. The predicted molar refractivity (Wildman–Crippen MR) is 67.7 cm³/mol. The van der Waals surface area contributed by atoms with Gasteiger partial charge in [-0.25, -0.2) is 0 Å². The highest BCUT2D eigenvalue weighted by Gasteiger charge is 2.62. The second-order valence-electron chi connectivity index (χ2n) is 5.11. The standard InChI is InChI=1S/C14H16F5NO/c1-3-20-12(13(15,16)14(17,18)19)9-4-5-11-10(7-9)6-8(2)21-11/h4-5,7-8,12,20H,3,6H2,1-2H3. The van der Waals surface area contributed by atoms with E-state index in [4.69, 9.17) is 4.74 Å². The third kappa shape index (κ3) is 2.97. The van der Waals surface area contributed by atoms with Crippen molar-refractivity contribution in [1.82, 2.24) is 5.32 Å². The maximum Gasteiger partial charge on any atom is 0.455 e. The minimum absolute atomic E-state index is 0.000322. The van der Waals surface area contributed by atoms with Gasteiger partial charge in [-0.1, -0.05) is 19.1 Å². The molecule has 1 aromatic rings. The molecule has 0 amide bonds. The molecule has 118 valence electrons. The molecule has 1 aliphatic rings. The number of benzene rings is 1. The van der Waals surface area contributed by atoms with Gasteiger partial charge in [-0.3, -0.25) is 0 Å². The van der Waals surface area contributed by atoms with Crippen LogP contribution in [0.5, 0.6) is 5.75 Å². The van der Waals surface area contributed by atoms with Crippen LogP contribution in [0.3, 0.4) is 0 Å². The fourth-order valence-electron chi connectivity index (χ4n) is 2.44. The van der Waals surface area contributed by atoms with Crippen LogP contribution in [-0.4, -0.2) is 24.7 Å². The van der Waals surface area contributed by atoms with Gasteiger partial charge in [0.2, 0.25) is 0 Å². The Morgan fingerprint density at radius 1 is 1.29 bits per heavy atom. The lowest BCUT2D eigenvalue weighted by Gasteiger charge is -2.29. The minimum atomic E-state index is -5.61. The van der Waals surface area contributed by atoms with Crippen LogP contribution in [-0.2, 0) is 6.42 Å². The van der Waals surface area contributed by atoms with Gasteiger partial charge in [0.25, 0.3) is 0 Å². The van der Waals surface area contributed by atoms with E-state index in [0.29, 0.717) is 17.7 Å². The monoisotopic (exact) mass is 309 g/mol. The molecule has 2 nitrogen and oxygen atoms in total. The molecule has 1 aliphatic heterocycles. The fraction of sp³-hybridized carbons (Fsp3) is 0.571. The van der Waals surface area contributed by atoms with Crippen LogP contribution in [0.25, 0.3) is 0 Å². The third-order valence-corrected chi connectivity index (χ3v) is 3.40. The number of hydrogen-bond donors (Lipinski definition) is 1. The lowest BCUT2D eigenvalue weighted by molar-refractivity contribution is -0.294. The third-order valence-electron chi connectivity index (χ3n) is 3.40. The van der Waals surface area contributed by atoms with Crippen molar-refractivity contribution in [2.24, 2.45) is 0 Å². The largest absolute Gasteiger partial charge is 0.490 e. The van der Waals surface area contributed by atoms with Gasteiger partial charge in [0.05, 0.1) is 0 Å². The average Bonchev–Trinajstić information content (AvgIpc) is 2.73. The summed E-state index contributed by atoms with van der Waals surface area (Å²) in [4.78, 5) is 0. The van der Waals surface area contributed by atoms with Crippen molar-refractivity contribution in [3.63, 3.8) is 0 Å². The Morgan fingerprint density at radius 3 is 2.52 bits per heavy atom. The second-order valence-corrected chi connectivity index (χ2v) is 5.11. The number of rotatable bonds is 4. The van der Waals surface area contributed by atoms with E-state index in [0.717, 1.165) is 0 Å². The molecule has 1 heterocycles. The van der Waals surface area contributed by atoms with E-state index in [1.165, 1.54) is 25.1 Å². The summed E-state index contributed by atoms with van der Waals surface area (Å²) in [6, 6.07) is 1.96. The Hall–Kier alpha value is -1.37. The number of fused-ring (bicyclic) bond motifs is 1. The van der Waals surface area contributed by atoms with Crippen LogP contribution in [0.15, 0.2) is 18.2 Å². The summed E-state index contributed by atoms with van der Waals surface area (Å²) >= 11 is 0. The molecule has 0 spiro atoms. The van der Waals surface area contributed by atoms with Gasteiger partial charge in [0, 0.05) is 6.42 Å². The molecule has 1 aromatic carbocycles. The molecule has 2 atom stereocenters. The Balaban J connectivity index is 2.38. The predicted octanol–water partition coefficient (Wildman–Crippen LogP) is 3.86. The van der Waals surface area contributed by atoms with Crippen molar-refractivity contribution < 1.29 is 26.7 Å². The van der Waals surface area contributed by atoms with E-state index in [1.54, 1.807) is 0 Å².